The summed E-state index contributed by atoms with van der Waals surface area (Å²) in [6.07, 6.45) is 2.33. The number of halogens is 1. The molecule has 0 aromatic heterocycles. The third-order valence-electron chi connectivity index (χ3n) is 1.43. The fourth-order valence-electron chi connectivity index (χ4n) is 0.797. The van der Waals surface area contributed by atoms with E-state index in [9.17, 15) is 0 Å². The minimum absolute atomic E-state index is 0.293. The monoisotopic (exact) mass is 176 g/mol. The Bertz CT molecular complexity index is 113. The molecule has 66 valence electrons. The Morgan fingerprint density at radius 3 is 2.64 bits per heavy atom. The molecule has 3 heteroatoms. The third-order valence-corrected chi connectivity index (χ3v) is 1.70. The lowest BCUT2D eigenvalue weighted by Crippen LogP contribution is -2.24. The van der Waals surface area contributed by atoms with Gasteiger partial charge in [0.05, 0.1) is 5.88 Å². The van der Waals surface area contributed by atoms with Gasteiger partial charge in [0, 0.05) is 6.54 Å². The lowest BCUT2D eigenvalue weighted by molar-refractivity contribution is 0.551. The first-order chi connectivity index (χ1) is 5.16. The molecule has 0 aliphatic heterocycles. The molecule has 0 amide bonds. The van der Waals surface area contributed by atoms with Crippen molar-refractivity contribution in [1.29, 1.82) is 5.41 Å². The summed E-state index contributed by atoms with van der Waals surface area (Å²) >= 11 is 5.41. The molecule has 0 atom stereocenters. The zero-order valence-corrected chi connectivity index (χ0v) is 8.04. The number of nitrogens with one attached hydrogen (secondary N) is 2. The zero-order chi connectivity index (χ0) is 8.69. The van der Waals surface area contributed by atoms with E-state index in [1.807, 2.05) is 0 Å². The van der Waals surface area contributed by atoms with E-state index in [0.717, 1.165) is 18.9 Å². The average Bonchev–Trinajstić information content (AvgIpc) is 1.97. The van der Waals surface area contributed by atoms with Crippen molar-refractivity contribution >= 4 is 17.4 Å². The predicted octanol–water partition coefficient (Wildman–Crippen LogP) is 2.23. The first-order valence-corrected chi connectivity index (χ1v) is 4.57. The third kappa shape index (κ3) is 7.66. The minimum atomic E-state index is 0.293. The SMILES string of the molecule is CC(C)CCCNC(=N)CCl. The highest BCUT2D eigenvalue weighted by Gasteiger charge is 1.94. The van der Waals surface area contributed by atoms with Crippen LogP contribution in [0.3, 0.4) is 0 Å². The number of rotatable bonds is 5. The Kier molecular flexibility index (Phi) is 6.33. The van der Waals surface area contributed by atoms with E-state index in [0.29, 0.717) is 11.7 Å². The maximum absolute atomic E-state index is 7.18. The number of hydrogen-bond donors (Lipinski definition) is 2. The highest BCUT2D eigenvalue weighted by atomic mass is 35.5. The van der Waals surface area contributed by atoms with Crippen molar-refractivity contribution in [1.82, 2.24) is 5.32 Å². The second-order valence-corrected chi connectivity index (χ2v) is 3.34. The second-order valence-electron chi connectivity index (χ2n) is 3.08. The smallest absolute Gasteiger partial charge is 0.108 e. The highest BCUT2D eigenvalue weighted by molar-refractivity contribution is 6.27. The second kappa shape index (κ2) is 6.47. The standard InChI is InChI=1S/C8H17ClN2/c1-7(2)4-3-5-11-8(10)6-9/h7H,3-6H2,1-2H3,(H2,10,11). The molecule has 11 heavy (non-hydrogen) atoms. The Morgan fingerprint density at radius 1 is 1.55 bits per heavy atom. The molecule has 0 fully saturated rings. The van der Waals surface area contributed by atoms with Crippen LogP contribution in [0.2, 0.25) is 0 Å². The summed E-state index contributed by atoms with van der Waals surface area (Å²) in [4.78, 5) is 0. The van der Waals surface area contributed by atoms with Gasteiger partial charge in [-0.2, -0.15) is 0 Å². The molecule has 0 aliphatic carbocycles. The van der Waals surface area contributed by atoms with Crippen LogP contribution in [0.1, 0.15) is 26.7 Å². The van der Waals surface area contributed by atoms with Crippen LogP contribution in [-0.4, -0.2) is 18.3 Å². The van der Waals surface area contributed by atoms with E-state index in [1.165, 1.54) is 6.42 Å². The van der Waals surface area contributed by atoms with E-state index < -0.39 is 0 Å². The van der Waals surface area contributed by atoms with Crippen LogP contribution in [0.15, 0.2) is 0 Å². The fourth-order valence-corrected chi connectivity index (χ4v) is 0.891. The van der Waals surface area contributed by atoms with Crippen molar-refractivity contribution in [3.05, 3.63) is 0 Å². The zero-order valence-electron chi connectivity index (χ0n) is 7.28. The van der Waals surface area contributed by atoms with Crippen LogP contribution in [0.4, 0.5) is 0 Å². The summed E-state index contributed by atoms with van der Waals surface area (Å²) in [5.41, 5.74) is 0. The van der Waals surface area contributed by atoms with Crippen LogP contribution < -0.4 is 5.32 Å². The molecule has 0 unspecified atom stereocenters. The van der Waals surface area contributed by atoms with Crippen LogP contribution in [-0.2, 0) is 0 Å². The quantitative estimate of drug-likeness (QED) is 0.287. The molecular formula is C8H17ClN2. The van der Waals surface area contributed by atoms with E-state index in [-0.39, 0.29) is 0 Å². The molecule has 0 saturated heterocycles. The highest BCUT2D eigenvalue weighted by Crippen LogP contribution is 2.01. The molecule has 0 saturated carbocycles. The van der Waals surface area contributed by atoms with E-state index in [4.69, 9.17) is 17.0 Å². The van der Waals surface area contributed by atoms with Gasteiger partial charge in [-0.3, -0.25) is 5.41 Å². The first kappa shape index (κ1) is 10.8. The van der Waals surface area contributed by atoms with Crippen LogP contribution >= 0.6 is 11.6 Å². The summed E-state index contributed by atoms with van der Waals surface area (Å²) in [6, 6.07) is 0. The number of alkyl halides is 1. The molecule has 0 bridgehead atoms. The topological polar surface area (TPSA) is 35.9 Å². The molecule has 0 aromatic rings. The van der Waals surface area contributed by atoms with Crippen LogP contribution in [0, 0.1) is 11.3 Å². The van der Waals surface area contributed by atoms with Crippen molar-refractivity contribution in [2.75, 3.05) is 12.4 Å². The van der Waals surface area contributed by atoms with Gasteiger partial charge in [-0.25, -0.2) is 0 Å². The van der Waals surface area contributed by atoms with Crippen LogP contribution in [0.5, 0.6) is 0 Å². The number of hydrogen-bond acceptors (Lipinski definition) is 1. The van der Waals surface area contributed by atoms with E-state index >= 15 is 0 Å². The van der Waals surface area contributed by atoms with Gasteiger partial charge < -0.3 is 5.32 Å². The molecule has 2 N–H and O–H groups in total. The van der Waals surface area contributed by atoms with Gasteiger partial charge in [-0.1, -0.05) is 13.8 Å². The summed E-state index contributed by atoms with van der Waals surface area (Å²) < 4.78 is 0. The summed E-state index contributed by atoms with van der Waals surface area (Å²) in [5.74, 6) is 1.47. The Hall–Kier alpha value is -0.240. The van der Waals surface area contributed by atoms with Gasteiger partial charge in [-0.15, -0.1) is 11.6 Å². The van der Waals surface area contributed by atoms with Crippen molar-refractivity contribution in [3.63, 3.8) is 0 Å². The van der Waals surface area contributed by atoms with Crippen molar-refractivity contribution in [2.24, 2.45) is 5.92 Å². The van der Waals surface area contributed by atoms with Gasteiger partial charge in [0.15, 0.2) is 0 Å². The minimum Gasteiger partial charge on any atom is -0.373 e. The summed E-state index contributed by atoms with van der Waals surface area (Å²) in [6.45, 7) is 5.28. The lowest BCUT2D eigenvalue weighted by Gasteiger charge is -2.06. The molecular weight excluding hydrogens is 160 g/mol. The van der Waals surface area contributed by atoms with Crippen molar-refractivity contribution in [2.45, 2.75) is 26.7 Å². The van der Waals surface area contributed by atoms with Gasteiger partial charge in [0.25, 0.3) is 0 Å². The molecule has 0 heterocycles. The van der Waals surface area contributed by atoms with E-state index in [1.54, 1.807) is 0 Å². The molecule has 0 aliphatic rings. The van der Waals surface area contributed by atoms with Gasteiger partial charge in [0.2, 0.25) is 0 Å². The van der Waals surface area contributed by atoms with Crippen molar-refractivity contribution in [3.8, 4) is 0 Å². The predicted molar refractivity (Wildman–Crippen MR) is 50.5 cm³/mol. The van der Waals surface area contributed by atoms with Gasteiger partial charge in [-0.05, 0) is 18.8 Å². The number of amidine groups is 1. The Morgan fingerprint density at radius 2 is 2.18 bits per heavy atom. The summed E-state index contributed by atoms with van der Waals surface area (Å²) in [7, 11) is 0. The molecule has 0 spiro atoms. The van der Waals surface area contributed by atoms with E-state index in [2.05, 4.69) is 19.2 Å². The van der Waals surface area contributed by atoms with Crippen molar-refractivity contribution < 1.29 is 0 Å². The normalized spacial score (nSPS) is 10.2. The summed E-state index contributed by atoms with van der Waals surface area (Å²) in [5, 5.41) is 10.1. The molecule has 0 radical (unpaired) electrons. The maximum atomic E-state index is 7.18. The Balaban J connectivity index is 3.08. The van der Waals surface area contributed by atoms with Gasteiger partial charge >= 0.3 is 0 Å². The molecule has 2 nitrogen and oxygen atoms in total. The molecule has 0 aromatic carbocycles. The fraction of sp³-hybridized carbons (Fsp3) is 0.875. The molecule has 0 rings (SSSR count). The maximum Gasteiger partial charge on any atom is 0.108 e. The van der Waals surface area contributed by atoms with Gasteiger partial charge in [0.1, 0.15) is 5.84 Å². The largest absolute Gasteiger partial charge is 0.373 e. The average molecular weight is 177 g/mol. The first-order valence-electron chi connectivity index (χ1n) is 4.04. The lowest BCUT2D eigenvalue weighted by atomic mass is 10.1. The Labute approximate surface area is 73.8 Å². The van der Waals surface area contributed by atoms with Crippen LogP contribution in [0.25, 0.3) is 0 Å².